The van der Waals surface area contributed by atoms with Gasteiger partial charge in [0, 0.05) is 18.0 Å². The molecule has 0 saturated heterocycles. The molecule has 0 amide bonds. The number of hydrogen-bond acceptors (Lipinski definition) is 2. The lowest BCUT2D eigenvalue weighted by Gasteiger charge is -2.26. The molecule has 1 heterocycles. The van der Waals surface area contributed by atoms with Gasteiger partial charge in [0.05, 0.1) is 0 Å². The first kappa shape index (κ1) is 13.3. The van der Waals surface area contributed by atoms with Crippen LogP contribution in [0.5, 0.6) is 0 Å². The fourth-order valence-electron chi connectivity index (χ4n) is 3.08. The maximum absolute atomic E-state index is 4.26. The van der Waals surface area contributed by atoms with Crippen LogP contribution in [0.4, 0.5) is 0 Å². The van der Waals surface area contributed by atoms with E-state index >= 15 is 0 Å². The highest BCUT2D eigenvalue weighted by molar-refractivity contribution is 5.61. The molecular weight excluding hydrogens is 244 g/mol. The lowest BCUT2D eigenvalue weighted by atomic mass is 9.79. The Kier molecular flexibility index (Phi) is 3.81. The SMILES string of the molecule is Cc1ncc(-c2ccc(C3CCC(C)CC3)cc2)cn1. The van der Waals surface area contributed by atoms with E-state index in [1.807, 2.05) is 19.3 Å². The van der Waals surface area contributed by atoms with Gasteiger partial charge in [-0.1, -0.05) is 44.0 Å². The van der Waals surface area contributed by atoms with Gasteiger partial charge in [-0.15, -0.1) is 0 Å². The number of rotatable bonds is 2. The van der Waals surface area contributed by atoms with Crippen LogP contribution in [-0.4, -0.2) is 9.97 Å². The molecular formula is C18H22N2. The molecule has 2 heteroatoms. The fraction of sp³-hybridized carbons (Fsp3) is 0.444. The van der Waals surface area contributed by atoms with Gasteiger partial charge < -0.3 is 0 Å². The zero-order chi connectivity index (χ0) is 13.9. The van der Waals surface area contributed by atoms with E-state index in [9.17, 15) is 0 Å². The summed E-state index contributed by atoms with van der Waals surface area (Å²) in [6, 6.07) is 8.99. The minimum atomic E-state index is 0.759. The van der Waals surface area contributed by atoms with Crippen LogP contribution in [0.15, 0.2) is 36.7 Å². The van der Waals surface area contributed by atoms with E-state index in [4.69, 9.17) is 0 Å². The summed E-state index contributed by atoms with van der Waals surface area (Å²) in [6.07, 6.45) is 9.23. The van der Waals surface area contributed by atoms with Gasteiger partial charge in [0.1, 0.15) is 5.82 Å². The van der Waals surface area contributed by atoms with Crippen molar-refractivity contribution in [3.05, 3.63) is 48.0 Å². The Morgan fingerprint density at radius 2 is 1.45 bits per heavy atom. The number of benzene rings is 1. The summed E-state index contributed by atoms with van der Waals surface area (Å²) >= 11 is 0. The van der Waals surface area contributed by atoms with Gasteiger partial charge in [-0.25, -0.2) is 9.97 Å². The zero-order valence-electron chi connectivity index (χ0n) is 12.3. The molecule has 1 aliphatic rings. The predicted molar refractivity (Wildman–Crippen MR) is 82.6 cm³/mol. The standard InChI is InChI=1S/C18H22N2/c1-13-3-5-15(6-4-13)16-7-9-17(10-8-16)18-11-19-14(2)20-12-18/h7-13,15H,3-6H2,1-2H3. The highest BCUT2D eigenvalue weighted by atomic mass is 14.8. The summed E-state index contributed by atoms with van der Waals surface area (Å²) in [7, 11) is 0. The van der Waals surface area contributed by atoms with E-state index in [1.165, 1.54) is 36.8 Å². The van der Waals surface area contributed by atoms with E-state index in [0.29, 0.717) is 0 Å². The molecule has 104 valence electrons. The van der Waals surface area contributed by atoms with Crippen LogP contribution in [0.25, 0.3) is 11.1 Å². The van der Waals surface area contributed by atoms with Gasteiger partial charge in [0.2, 0.25) is 0 Å². The molecule has 0 spiro atoms. The molecule has 0 unspecified atom stereocenters. The summed E-state index contributed by atoms with van der Waals surface area (Å²) in [5, 5.41) is 0. The number of nitrogens with zero attached hydrogens (tertiary/aromatic N) is 2. The Balaban J connectivity index is 1.76. The molecule has 0 aliphatic heterocycles. The summed E-state index contributed by atoms with van der Waals surface area (Å²) in [5.41, 5.74) is 3.80. The summed E-state index contributed by atoms with van der Waals surface area (Å²) in [5.74, 6) is 2.49. The topological polar surface area (TPSA) is 25.8 Å². The Bertz CT molecular complexity index is 549. The molecule has 0 radical (unpaired) electrons. The number of aryl methyl sites for hydroxylation is 1. The molecule has 1 aromatic heterocycles. The molecule has 0 N–H and O–H groups in total. The minimum Gasteiger partial charge on any atom is -0.241 e. The van der Waals surface area contributed by atoms with Gasteiger partial charge >= 0.3 is 0 Å². The summed E-state index contributed by atoms with van der Waals surface area (Å²) in [6.45, 7) is 4.29. The van der Waals surface area contributed by atoms with Crippen molar-refractivity contribution < 1.29 is 0 Å². The second kappa shape index (κ2) is 5.74. The third kappa shape index (κ3) is 2.90. The molecule has 0 bridgehead atoms. The van der Waals surface area contributed by atoms with Crippen molar-refractivity contribution in [2.75, 3.05) is 0 Å². The minimum absolute atomic E-state index is 0.759. The van der Waals surface area contributed by atoms with Gasteiger partial charge in [-0.2, -0.15) is 0 Å². The smallest absolute Gasteiger partial charge is 0.125 e. The highest BCUT2D eigenvalue weighted by Crippen LogP contribution is 2.36. The number of hydrogen-bond donors (Lipinski definition) is 0. The predicted octanol–water partition coefficient (Wildman–Crippen LogP) is 4.75. The number of aromatic nitrogens is 2. The van der Waals surface area contributed by atoms with Crippen molar-refractivity contribution in [3.8, 4) is 11.1 Å². The van der Waals surface area contributed by atoms with Crippen molar-refractivity contribution in [1.82, 2.24) is 9.97 Å². The molecule has 1 aromatic carbocycles. The highest BCUT2D eigenvalue weighted by Gasteiger charge is 2.19. The lowest BCUT2D eigenvalue weighted by Crippen LogP contribution is -2.10. The Labute approximate surface area is 121 Å². The molecule has 3 rings (SSSR count). The Morgan fingerprint density at radius 3 is 2.05 bits per heavy atom. The van der Waals surface area contributed by atoms with Crippen LogP contribution in [0.1, 0.15) is 49.9 Å². The van der Waals surface area contributed by atoms with Crippen LogP contribution in [0.2, 0.25) is 0 Å². The molecule has 1 fully saturated rings. The summed E-state index contributed by atoms with van der Waals surface area (Å²) in [4.78, 5) is 8.53. The molecule has 20 heavy (non-hydrogen) atoms. The van der Waals surface area contributed by atoms with E-state index in [0.717, 1.165) is 23.2 Å². The van der Waals surface area contributed by atoms with Crippen LogP contribution < -0.4 is 0 Å². The van der Waals surface area contributed by atoms with Gasteiger partial charge in [-0.05, 0) is 42.7 Å². The third-order valence-electron chi connectivity index (χ3n) is 4.51. The summed E-state index contributed by atoms with van der Waals surface area (Å²) < 4.78 is 0. The largest absolute Gasteiger partial charge is 0.241 e. The molecule has 0 atom stereocenters. The van der Waals surface area contributed by atoms with E-state index in [1.54, 1.807) is 0 Å². The molecule has 1 saturated carbocycles. The first-order valence-corrected chi connectivity index (χ1v) is 7.61. The molecule has 2 nitrogen and oxygen atoms in total. The van der Waals surface area contributed by atoms with Crippen molar-refractivity contribution >= 4 is 0 Å². The maximum Gasteiger partial charge on any atom is 0.125 e. The van der Waals surface area contributed by atoms with E-state index < -0.39 is 0 Å². The second-order valence-electron chi connectivity index (χ2n) is 6.10. The average molecular weight is 266 g/mol. The first-order valence-electron chi connectivity index (χ1n) is 7.61. The zero-order valence-corrected chi connectivity index (χ0v) is 12.3. The normalized spacial score (nSPS) is 22.7. The van der Waals surface area contributed by atoms with E-state index in [2.05, 4.69) is 41.2 Å². The van der Waals surface area contributed by atoms with Crippen LogP contribution in [0, 0.1) is 12.8 Å². The molecule has 1 aliphatic carbocycles. The van der Waals surface area contributed by atoms with E-state index in [-0.39, 0.29) is 0 Å². The second-order valence-corrected chi connectivity index (χ2v) is 6.10. The van der Waals surface area contributed by atoms with Crippen LogP contribution >= 0.6 is 0 Å². The average Bonchev–Trinajstić information content (AvgIpc) is 2.49. The van der Waals surface area contributed by atoms with Crippen molar-refractivity contribution in [2.24, 2.45) is 5.92 Å². The first-order chi connectivity index (χ1) is 9.72. The lowest BCUT2D eigenvalue weighted by molar-refractivity contribution is 0.348. The van der Waals surface area contributed by atoms with Gasteiger partial charge in [0.25, 0.3) is 0 Å². The Morgan fingerprint density at radius 1 is 0.850 bits per heavy atom. The van der Waals surface area contributed by atoms with Gasteiger partial charge in [0.15, 0.2) is 0 Å². The molecule has 2 aromatic rings. The van der Waals surface area contributed by atoms with Crippen molar-refractivity contribution in [1.29, 1.82) is 0 Å². The van der Waals surface area contributed by atoms with Crippen LogP contribution in [-0.2, 0) is 0 Å². The monoisotopic (exact) mass is 266 g/mol. The van der Waals surface area contributed by atoms with Crippen molar-refractivity contribution in [3.63, 3.8) is 0 Å². The van der Waals surface area contributed by atoms with Crippen molar-refractivity contribution in [2.45, 2.75) is 45.4 Å². The fourth-order valence-corrected chi connectivity index (χ4v) is 3.08. The quantitative estimate of drug-likeness (QED) is 0.784. The van der Waals surface area contributed by atoms with Crippen LogP contribution in [0.3, 0.4) is 0 Å². The maximum atomic E-state index is 4.26. The van der Waals surface area contributed by atoms with Gasteiger partial charge in [-0.3, -0.25) is 0 Å². The third-order valence-corrected chi connectivity index (χ3v) is 4.51. The Hall–Kier alpha value is -1.70.